The van der Waals surface area contributed by atoms with Crippen LogP contribution in [0.3, 0.4) is 0 Å². The summed E-state index contributed by atoms with van der Waals surface area (Å²) in [7, 11) is 3.99. The van der Waals surface area contributed by atoms with Gasteiger partial charge >= 0.3 is 0 Å². The average Bonchev–Trinajstić information content (AvgIpc) is 2.25. The number of piperidine rings is 1. The van der Waals surface area contributed by atoms with E-state index in [9.17, 15) is 4.79 Å². The number of amides is 1. The Morgan fingerprint density at radius 3 is 2.75 bits per heavy atom. The molecule has 4 nitrogen and oxygen atoms in total. The van der Waals surface area contributed by atoms with Crippen LogP contribution in [-0.4, -0.2) is 55.0 Å². The molecule has 1 aliphatic rings. The molecule has 16 heavy (non-hydrogen) atoms. The Hall–Kier alpha value is -0.610. The van der Waals surface area contributed by atoms with Gasteiger partial charge in [-0.2, -0.15) is 0 Å². The second-order valence-corrected chi connectivity index (χ2v) is 5.06. The number of nitrogens with two attached hydrogens (primary N) is 1. The minimum atomic E-state index is 0.0867. The lowest BCUT2D eigenvalue weighted by molar-refractivity contribution is -0.135. The fourth-order valence-corrected chi connectivity index (χ4v) is 2.28. The number of carbonyl (C=O) groups is 1. The lowest BCUT2D eigenvalue weighted by Gasteiger charge is -2.38. The van der Waals surface area contributed by atoms with Crippen LogP contribution in [0.5, 0.6) is 0 Å². The summed E-state index contributed by atoms with van der Waals surface area (Å²) in [4.78, 5) is 16.1. The van der Waals surface area contributed by atoms with E-state index in [1.165, 1.54) is 6.42 Å². The summed E-state index contributed by atoms with van der Waals surface area (Å²) in [6.07, 6.45) is 3.99. The molecule has 0 bridgehead atoms. The van der Waals surface area contributed by atoms with Crippen LogP contribution < -0.4 is 5.73 Å². The second kappa shape index (κ2) is 6.21. The summed E-state index contributed by atoms with van der Waals surface area (Å²) >= 11 is 0. The molecule has 0 saturated carbocycles. The quantitative estimate of drug-likeness (QED) is 0.768. The van der Waals surface area contributed by atoms with Crippen molar-refractivity contribution in [2.45, 2.75) is 44.7 Å². The Labute approximate surface area is 98.8 Å². The molecule has 0 aliphatic carbocycles. The first kappa shape index (κ1) is 13.5. The first-order valence-corrected chi connectivity index (χ1v) is 6.22. The SMILES string of the molecule is CC(N)C1CCCCN1C(=O)CCN(C)C. The Kier molecular flexibility index (Phi) is 5.22. The van der Waals surface area contributed by atoms with Gasteiger partial charge in [-0.05, 0) is 40.3 Å². The third kappa shape index (κ3) is 3.76. The molecule has 1 heterocycles. The molecule has 2 atom stereocenters. The van der Waals surface area contributed by atoms with Crippen molar-refractivity contribution in [3.05, 3.63) is 0 Å². The van der Waals surface area contributed by atoms with Crippen molar-refractivity contribution in [3.63, 3.8) is 0 Å². The smallest absolute Gasteiger partial charge is 0.224 e. The Bertz CT molecular complexity index is 228. The maximum Gasteiger partial charge on any atom is 0.224 e. The van der Waals surface area contributed by atoms with E-state index >= 15 is 0 Å². The van der Waals surface area contributed by atoms with Crippen molar-refractivity contribution >= 4 is 5.91 Å². The van der Waals surface area contributed by atoms with Gasteiger partial charge < -0.3 is 15.5 Å². The van der Waals surface area contributed by atoms with Crippen molar-refractivity contribution < 1.29 is 4.79 Å². The van der Waals surface area contributed by atoms with E-state index in [0.29, 0.717) is 6.42 Å². The van der Waals surface area contributed by atoms with Gasteiger partial charge in [0.25, 0.3) is 0 Å². The molecule has 0 aromatic rings. The summed E-state index contributed by atoms with van der Waals surface area (Å²) in [6, 6.07) is 0.340. The maximum atomic E-state index is 12.1. The molecule has 0 radical (unpaired) electrons. The van der Waals surface area contributed by atoms with Gasteiger partial charge in [0, 0.05) is 31.6 Å². The zero-order valence-electron chi connectivity index (χ0n) is 10.8. The van der Waals surface area contributed by atoms with Gasteiger partial charge in [-0.3, -0.25) is 4.79 Å². The molecule has 1 saturated heterocycles. The predicted octanol–water partition coefficient (Wildman–Crippen LogP) is 0.666. The number of hydrogen-bond acceptors (Lipinski definition) is 3. The molecule has 2 N–H and O–H groups in total. The number of nitrogens with zero attached hydrogens (tertiary/aromatic N) is 2. The highest BCUT2D eigenvalue weighted by Gasteiger charge is 2.28. The molecule has 4 heteroatoms. The maximum absolute atomic E-state index is 12.1. The van der Waals surface area contributed by atoms with Gasteiger partial charge in [-0.25, -0.2) is 0 Å². The van der Waals surface area contributed by atoms with Crippen molar-refractivity contribution in [2.75, 3.05) is 27.2 Å². The van der Waals surface area contributed by atoms with Gasteiger partial charge in [0.05, 0.1) is 0 Å². The van der Waals surface area contributed by atoms with Crippen molar-refractivity contribution in [2.24, 2.45) is 5.73 Å². The molecule has 1 fully saturated rings. The summed E-state index contributed by atoms with van der Waals surface area (Å²) in [5, 5.41) is 0. The molecule has 1 rings (SSSR count). The van der Waals surface area contributed by atoms with Crippen LogP contribution in [0.2, 0.25) is 0 Å². The van der Waals surface area contributed by atoms with E-state index in [-0.39, 0.29) is 18.0 Å². The summed E-state index contributed by atoms with van der Waals surface area (Å²) in [6.45, 7) is 3.71. The zero-order chi connectivity index (χ0) is 12.1. The molecular weight excluding hydrogens is 202 g/mol. The van der Waals surface area contributed by atoms with Gasteiger partial charge in [0.15, 0.2) is 0 Å². The predicted molar refractivity (Wildman–Crippen MR) is 66.2 cm³/mol. The highest BCUT2D eigenvalue weighted by molar-refractivity contribution is 5.76. The number of likely N-dealkylation sites (tertiary alicyclic amines) is 1. The molecule has 0 spiro atoms. The Morgan fingerprint density at radius 2 is 2.19 bits per heavy atom. The van der Waals surface area contributed by atoms with Crippen LogP contribution in [0, 0.1) is 0 Å². The van der Waals surface area contributed by atoms with E-state index in [1.807, 2.05) is 30.8 Å². The largest absolute Gasteiger partial charge is 0.338 e. The minimum absolute atomic E-state index is 0.0867. The number of hydrogen-bond donors (Lipinski definition) is 1. The van der Waals surface area contributed by atoms with E-state index in [2.05, 4.69) is 0 Å². The molecule has 2 unspecified atom stereocenters. The van der Waals surface area contributed by atoms with Crippen molar-refractivity contribution in [1.82, 2.24) is 9.80 Å². The Balaban J connectivity index is 2.50. The van der Waals surface area contributed by atoms with Crippen molar-refractivity contribution in [3.8, 4) is 0 Å². The van der Waals surface area contributed by atoms with Crippen molar-refractivity contribution in [1.29, 1.82) is 0 Å². The van der Waals surface area contributed by atoms with Gasteiger partial charge in [0.2, 0.25) is 5.91 Å². The first-order chi connectivity index (χ1) is 7.52. The monoisotopic (exact) mass is 227 g/mol. The lowest BCUT2D eigenvalue weighted by atomic mass is 9.96. The molecule has 1 amide bonds. The molecular formula is C12H25N3O. The highest BCUT2D eigenvalue weighted by atomic mass is 16.2. The summed E-state index contributed by atoms with van der Waals surface area (Å²) < 4.78 is 0. The van der Waals surface area contributed by atoms with Crippen LogP contribution in [0.15, 0.2) is 0 Å². The summed E-state index contributed by atoms with van der Waals surface area (Å²) in [5.41, 5.74) is 5.95. The normalized spacial score (nSPS) is 23.6. The van der Waals surface area contributed by atoms with Crippen LogP contribution in [-0.2, 0) is 4.79 Å². The van der Waals surface area contributed by atoms with Crippen LogP contribution in [0.25, 0.3) is 0 Å². The third-order valence-electron chi connectivity index (χ3n) is 3.25. The third-order valence-corrected chi connectivity index (χ3v) is 3.25. The van der Waals surface area contributed by atoms with E-state index in [0.717, 1.165) is 25.9 Å². The molecule has 0 aromatic heterocycles. The van der Waals surface area contributed by atoms with Gasteiger partial charge in [-0.1, -0.05) is 0 Å². The van der Waals surface area contributed by atoms with Crippen LogP contribution >= 0.6 is 0 Å². The minimum Gasteiger partial charge on any atom is -0.338 e. The zero-order valence-corrected chi connectivity index (χ0v) is 10.8. The fourth-order valence-electron chi connectivity index (χ4n) is 2.28. The van der Waals surface area contributed by atoms with Gasteiger partial charge in [0.1, 0.15) is 0 Å². The Morgan fingerprint density at radius 1 is 1.50 bits per heavy atom. The molecule has 0 aromatic carbocycles. The fraction of sp³-hybridized carbons (Fsp3) is 0.917. The standard InChI is InChI=1S/C12H25N3O/c1-10(13)11-6-4-5-8-15(11)12(16)7-9-14(2)3/h10-11H,4-9,13H2,1-3H3. The highest BCUT2D eigenvalue weighted by Crippen LogP contribution is 2.19. The second-order valence-electron chi connectivity index (χ2n) is 5.06. The average molecular weight is 227 g/mol. The molecule has 1 aliphatic heterocycles. The number of rotatable bonds is 4. The van der Waals surface area contributed by atoms with E-state index in [4.69, 9.17) is 5.73 Å². The van der Waals surface area contributed by atoms with Crippen LogP contribution in [0.4, 0.5) is 0 Å². The van der Waals surface area contributed by atoms with Crippen LogP contribution in [0.1, 0.15) is 32.6 Å². The van der Waals surface area contributed by atoms with E-state index < -0.39 is 0 Å². The number of carbonyl (C=O) groups excluding carboxylic acids is 1. The lowest BCUT2D eigenvalue weighted by Crippen LogP contribution is -2.52. The summed E-state index contributed by atoms with van der Waals surface area (Å²) in [5.74, 6) is 0.260. The topological polar surface area (TPSA) is 49.6 Å². The first-order valence-electron chi connectivity index (χ1n) is 6.22. The van der Waals surface area contributed by atoms with E-state index in [1.54, 1.807) is 0 Å². The van der Waals surface area contributed by atoms with Gasteiger partial charge in [-0.15, -0.1) is 0 Å². The molecule has 94 valence electrons.